The molecule has 1 aromatic rings. The zero-order valence-electron chi connectivity index (χ0n) is 12.4. The summed E-state index contributed by atoms with van der Waals surface area (Å²) in [6.07, 6.45) is 6.48. The minimum absolute atomic E-state index is 0.519. The summed E-state index contributed by atoms with van der Waals surface area (Å²) >= 11 is 0. The van der Waals surface area contributed by atoms with Crippen LogP contribution in [0.3, 0.4) is 0 Å². The van der Waals surface area contributed by atoms with Crippen molar-refractivity contribution in [2.45, 2.75) is 25.7 Å². The Morgan fingerprint density at radius 2 is 1.81 bits per heavy atom. The summed E-state index contributed by atoms with van der Waals surface area (Å²) in [5.41, 5.74) is 0.889. The van der Waals surface area contributed by atoms with Gasteiger partial charge in [0.2, 0.25) is 10.0 Å². The highest BCUT2D eigenvalue weighted by Crippen LogP contribution is 2.02. The second kappa shape index (κ2) is 8.32. The van der Waals surface area contributed by atoms with Crippen LogP contribution in [0, 0.1) is 0 Å². The summed E-state index contributed by atoms with van der Waals surface area (Å²) < 4.78 is 26.3. The predicted molar refractivity (Wildman–Crippen MR) is 86.4 cm³/mol. The van der Waals surface area contributed by atoms with Crippen LogP contribution in [0.4, 0.5) is 0 Å². The minimum atomic E-state index is -3.32. The van der Waals surface area contributed by atoms with Gasteiger partial charge in [0.15, 0.2) is 0 Å². The van der Waals surface area contributed by atoms with Crippen molar-refractivity contribution in [2.75, 3.05) is 26.2 Å². The van der Waals surface area contributed by atoms with Crippen LogP contribution in [0.5, 0.6) is 0 Å². The van der Waals surface area contributed by atoms with Gasteiger partial charge in [-0.3, -0.25) is 0 Å². The average molecular weight is 309 g/mol. The molecule has 0 spiro atoms. The Balaban J connectivity index is 1.70. The van der Waals surface area contributed by atoms with Gasteiger partial charge in [0.25, 0.3) is 0 Å². The van der Waals surface area contributed by atoms with Crippen molar-refractivity contribution in [2.24, 2.45) is 0 Å². The first kappa shape index (κ1) is 16.2. The highest BCUT2D eigenvalue weighted by Gasteiger charge is 2.13. The van der Waals surface area contributed by atoms with Crippen LogP contribution >= 0.6 is 0 Å². The van der Waals surface area contributed by atoms with Crippen LogP contribution in [0.1, 0.15) is 31.2 Å². The molecular formula is C16H25N2O2S+. The van der Waals surface area contributed by atoms with Crippen molar-refractivity contribution in [1.82, 2.24) is 4.72 Å². The lowest BCUT2D eigenvalue weighted by atomic mass is 10.1. The standard InChI is InChI=1S/C16H24N2O2S/c19-21(20,15-10-16-8-3-1-4-9-16)17-11-7-14-18-12-5-2-6-13-18/h1,3-4,8-10,15,17H,2,5-7,11-14H2/p+1/b15-10+. The van der Waals surface area contributed by atoms with Crippen LogP contribution in [-0.4, -0.2) is 34.6 Å². The molecule has 1 aromatic carbocycles. The average Bonchev–Trinajstić information content (AvgIpc) is 2.52. The van der Waals surface area contributed by atoms with Gasteiger partial charge in [0.05, 0.1) is 19.6 Å². The molecule has 0 aliphatic carbocycles. The maximum absolute atomic E-state index is 11.9. The molecule has 0 unspecified atom stereocenters. The second-order valence-corrected chi connectivity index (χ2v) is 7.22. The largest absolute Gasteiger partial charge is 0.335 e. The third-order valence-corrected chi connectivity index (χ3v) is 4.91. The van der Waals surface area contributed by atoms with Gasteiger partial charge in [-0.2, -0.15) is 0 Å². The van der Waals surface area contributed by atoms with E-state index in [1.807, 2.05) is 30.3 Å². The Morgan fingerprint density at radius 3 is 2.52 bits per heavy atom. The summed E-state index contributed by atoms with van der Waals surface area (Å²) in [7, 11) is -3.32. The number of hydrogen-bond acceptors (Lipinski definition) is 2. The summed E-state index contributed by atoms with van der Waals surface area (Å²) in [4.78, 5) is 1.61. The Kier molecular flexibility index (Phi) is 6.42. The third kappa shape index (κ3) is 6.42. The van der Waals surface area contributed by atoms with E-state index in [9.17, 15) is 8.42 Å². The molecule has 5 heteroatoms. The number of quaternary nitrogens is 1. The van der Waals surface area contributed by atoms with Crippen molar-refractivity contribution in [3.8, 4) is 0 Å². The molecular weight excluding hydrogens is 284 g/mol. The number of likely N-dealkylation sites (tertiary alicyclic amines) is 1. The number of hydrogen-bond donors (Lipinski definition) is 2. The third-order valence-electron chi connectivity index (χ3n) is 3.81. The SMILES string of the molecule is O=S(=O)(/C=C/c1ccccc1)NCCC[NH+]1CCCCC1. The number of rotatable bonds is 7. The van der Waals surface area contributed by atoms with E-state index >= 15 is 0 Å². The Labute approximate surface area is 127 Å². The summed E-state index contributed by atoms with van der Waals surface area (Å²) in [5.74, 6) is 0. The molecule has 2 N–H and O–H groups in total. The monoisotopic (exact) mass is 309 g/mol. The molecule has 0 atom stereocenters. The first-order chi connectivity index (χ1) is 10.2. The van der Waals surface area contributed by atoms with Crippen molar-refractivity contribution >= 4 is 16.1 Å². The summed E-state index contributed by atoms with van der Waals surface area (Å²) in [6.45, 7) is 4.05. The molecule has 1 heterocycles. The molecule has 0 radical (unpaired) electrons. The number of sulfonamides is 1. The van der Waals surface area contributed by atoms with Gasteiger partial charge in [-0.1, -0.05) is 30.3 Å². The fourth-order valence-corrected chi connectivity index (χ4v) is 3.50. The molecule has 1 aliphatic heterocycles. The fourth-order valence-electron chi connectivity index (χ4n) is 2.63. The molecule has 116 valence electrons. The number of nitrogens with one attached hydrogen (secondary N) is 2. The van der Waals surface area contributed by atoms with Gasteiger partial charge in [0, 0.05) is 18.4 Å². The molecule has 0 amide bonds. The second-order valence-electron chi connectivity index (χ2n) is 5.57. The molecule has 1 saturated heterocycles. The molecule has 0 saturated carbocycles. The summed E-state index contributed by atoms with van der Waals surface area (Å²) in [5, 5.41) is 1.25. The van der Waals surface area contributed by atoms with Crippen LogP contribution in [-0.2, 0) is 10.0 Å². The van der Waals surface area contributed by atoms with Gasteiger partial charge < -0.3 is 4.90 Å². The van der Waals surface area contributed by atoms with Crippen LogP contribution in [0.25, 0.3) is 6.08 Å². The normalized spacial score (nSPS) is 17.3. The maximum Gasteiger partial charge on any atom is 0.233 e. The van der Waals surface area contributed by atoms with E-state index < -0.39 is 10.0 Å². The molecule has 2 rings (SSSR count). The lowest BCUT2D eigenvalue weighted by molar-refractivity contribution is -0.904. The van der Waals surface area contributed by atoms with E-state index in [4.69, 9.17) is 0 Å². The van der Waals surface area contributed by atoms with Gasteiger partial charge in [-0.05, 0) is 30.9 Å². The topological polar surface area (TPSA) is 50.6 Å². The van der Waals surface area contributed by atoms with Gasteiger partial charge in [-0.15, -0.1) is 0 Å². The van der Waals surface area contributed by atoms with E-state index in [2.05, 4.69) is 4.72 Å². The van der Waals surface area contributed by atoms with Crippen LogP contribution in [0.2, 0.25) is 0 Å². The van der Waals surface area contributed by atoms with Crippen LogP contribution < -0.4 is 9.62 Å². The van der Waals surface area contributed by atoms with Gasteiger partial charge >= 0.3 is 0 Å². The minimum Gasteiger partial charge on any atom is -0.335 e. The lowest BCUT2D eigenvalue weighted by Gasteiger charge is -2.23. The molecule has 0 bridgehead atoms. The van der Waals surface area contributed by atoms with E-state index in [0.29, 0.717) is 6.54 Å². The fraction of sp³-hybridized carbons (Fsp3) is 0.500. The van der Waals surface area contributed by atoms with E-state index in [1.165, 1.54) is 37.8 Å². The Bertz CT molecular complexity index is 535. The van der Waals surface area contributed by atoms with Gasteiger partial charge in [0.1, 0.15) is 0 Å². The number of piperidine rings is 1. The summed E-state index contributed by atoms with van der Waals surface area (Å²) in [6, 6.07) is 9.45. The van der Waals surface area contributed by atoms with Crippen molar-refractivity contribution in [3.63, 3.8) is 0 Å². The smallest absolute Gasteiger partial charge is 0.233 e. The molecule has 21 heavy (non-hydrogen) atoms. The predicted octanol–water partition coefficient (Wildman–Crippen LogP) is 1.04. The Morgan fingerprint density at radius 1 is 1.10 bits per heavy atom. The zero-order chi connectivity index (χ0) is 15.0. The van der Waals surface area contributed by atoms with Gasteiger partial charge in [-0.25, -0.2) is 13.1 Å². The lowest BCUT2D eigenvalue weighted by Crippen LogP contribution is -3.12. The Hall–Kier alpha value is -1.17. The first-order valence-corrected chi connectivity index (χ1v) is 9.27. The quantitative estimate of drug-likeness (QED) is 0.739. The highest BCUT2D eigenvalue weighted by molar-refractivity contribution is 7.92. The zero-order valence-corrected chi connectivity index (χ0v) is 13.2. The molecule has 1 aliphatic rings. The van der Waals surface area contributed by atoms with Crippen molar-refractivity contribution < 1.29 is 13.3 Å². The van der Waals surface area contributed by atoms with E-state index in [1.54, 1.807) is 11.0 Å². The van der Waals surface area contributed by atoms with E-state index in [-0.39, 0.29) is 0 Å². The van der Waals surface area contributed by atoms with E-state index in [0.717, 1.165) is 18.5 Å². The van der Waals surface area contributed by atoms with Crippen LogP contribution in [0.15, 0.2) is 35.7 Å². The highest BCUT2D eigenvalue weighted by atomic mass is 32.2. The van der Waals surface area contributed by atoms with Crippen molar-refractivity contribution in [1.29, 1.82) is 0 Å². The number of benzene rings is 1. The first-order valence-electron chi connectivity index (χ1n) is 7.72. The molecule has 4 nitrogen and oxygen atoms in total. The maximum atomic E-state index is 11.9. The van der Waals surface area contributed by atoms with Crippen molar-refractivity contribution in [3.05, 3.63) is 41.3 Å². The molecule has 1 fully saturated rings. The molecule has 0 aromatic heterocycles.